The first-order valence-electron chi connectivity index (χ1n) is 5.10. The number of hydrogen-bond acceptors (Lipinski definition) is 3. The summed E-state index contributed by atoms with van der Waals surface area (Å²) in [7, 11) is 0. The zero-order valence-electron chi connectivity index (χ0n) is 9.48. The molecule has 2 rings (SSSR count). The first-order valence-corrected chi connectivity index (χ1v) is 5.54. The van der Waals surface area contributed by atoms with E-state index in [1.807, 2.05) is 39.0 Å². The minimum atomic E-state index is -0.214. The van der Waals surface area contributed by atoms with Gasteiger partial charge < -0.3 is 0 Å². The average Bonchev–Trinajstić information content (AvgIpc) is 2.66. The lowest BCUT2D eigenvalue weighted by Gasteiger charge is -2.11. The Hall–Kier alpha value is -1.42. The van der Waals surface area contributed by atoms with Gasteiger partial charge in [0.05, 0.1) is 11.1 Å². The topological polar surface area (TPSA) is 43.6 Å². The molecule has 1 heterocycles. The largest absolute Gasteiger partial charge is 0.195 e. The van der Waals surface area contributed by atoms with Crippen molar-refractivity contribution in [2.45, 2.75) is 26.1 Å². The molecule has 1 unspecified atom stereocenters. The number of halogens is 1. The molecule has 16 heavy (non-hydrogen) atoms. The molecular weight excluding hydrogens is 224 g/mol. The number of rotatable bonds is 2. The molecule has 0 spiro atoms. The minimum Gasteiger partial charge on any atom is -0.195 e. The Morgan fingerprint density at radius 1 is 1.25 bits per heavy atom. The van der Waals surface area contributed by atoms with E-state index in [0.717, 1.165) is 16.8 Å². The van der Waals surface area contributed by atoms with Gasteiger partial charge in [-0.25, -0.2) is 0 Å². The van der Waals surface area contributed by atoms with Crippen molar-refractivity contribution >= 4 is 11.6 Å². The van der Waals surface area contributed by atoms with Gasteiger partial charge in [0, 0.05) is 0 Å². The van der Waals surface area contributed by atoms with Crippen molar-refractivity contribution in [1.82, 2.24) is 20.2 Å². The molecule has 0 N–H and O–H groups in total. The van der Waals surface area contributed by atoms with E-state index in [1.165, 1.54) is 0 Å². The van der Waals surface area contributed by atoms with Gasteiger partial charge in [0.15, 0.2) is 5.82 Å². The van der Waals surface area contributed by atoms with Crippen molar-refractivity contribution in [2.75, 3.05) is 0 Å². The number of tetrazole rings is 1. The normalized spacial score (nSPS) is 12.8. The van der Waals surface area contributed by atoms with E-state index in [-0.39, 0.29) is 5.38 Å². The summed E-state index contributed by atoms with van der Waals surface area (Å²) in [5.41, 5.74) is 3.27. The molecular formula is C11H13ClN4. The van der Waals surface area contributed by atoms with Crippen LogP contribution in [-0.4, -0.2) is 20.2 Å². The maximum Gasteiger partial charge on any atom is 0.174 e. The summed E-state index contributed by atoms with van der Waals surface area (Å²) in [4.78, 5) is 0. The Bertz CT molecular complexity index is 484. The van der Waals surface area contributed by atoms with E-state index in [4.69, 9.17) is 11.6 Å². The van der Waals surface area contributed by atoms with Crippen LogP contribution in [0.25, 0.3) is 5.69 Å². The third kappa shape index (κ3) is 1.80. The fourth-order valence-electron chi connectivity index (χ4n) is 1.74. The van der Waals surface area contributed by atoms with Gasteiger partial charge in [-0.1, -0.05) is 18.2 Å². The lowest BCUT2D eigenvalue weighted by molar-refractivity contribution is 0.752. The van der Waals surface area contributed by atoms with Gasteiger partial charge in [-0.15, -0.1) is 16.7 Å². The molecule has 5 heteroatoms. The molecule has 1 aromatic carbocycles. The summed E-state index contributed by atoms with van der Waals surface area (Å²) < 4.78 is 1.71. The van der Waals surface area contributed by atoms with Crippen molar-refractivity contribution in [1.29, 1.82) is 0 Å². The van der Waals surface area contributed by atoms with Gasteiger partial charge in [0.25, 0.3) is 0 Å². The van der Waals surface area contributed by atoms with Crippen molar-refractivity contribution in [2.24, 2.45) is 0 Å². The quantitative estimate of drug-likeness (QED) is 0.753. The predicted octanol–water partition coefficient (Wildman–Crippen LogP) is 2.58. The van der Waals surface area contributed by atoms with Crippen LogP contribution in [0.3, 0.4) is 0 Å². The summed E-state index contributed by atoms with van der Waals surface area (Å²) in [6.45, 7) is 5.93. The van der Waals surface area contributed by atoms with Crippen LogP contribution in [0, 0.1) is 13.8 Å². The van der Waals surface area contributed by atoms with Gasteiger partial charge in [0.2, 0.25) is 0 Å². The average molecular weight is 237 g/mol. The SMILES string of the molecule is Cc1cccc(C)c1-n1nnnc1C(C)Cl. The predicted molar refractivity (Wildman–Crippen MR) is 62.9 cm³/mol. The number of alkyl halides is 1. The van der Waals surface area contributed by atoms with Crippen LogP contribution in [0.5, 0.6) is 0 Å². The molecule has 1 atom stereocenters. The molecule has 0 aliphatic carbocycles. The summed E-state index contributed by atoms with van der Waals surface area (Å²) in [6.07, 6.45) is 0. The Morgan fingerprint density at radius 3 is 2.44 bits per heavy atom. The van der Waals surface area contributed by atoms with Crippen molar-refractivity contribution in [3.8, 4) is 5.69 Å². The number of hydrogen-bond donors (Lipinski definition) is 0. The summed E-state index contributed by atoms with van der Waals surface area (Å²) in [5.74, 6) is 0.666. The monoisotopic (exact) mass is 236 g/mol. The van der Waals surface area contributed by atoms with E-state index in [1.54, 1.807) is 4.68 Å². The Morgan fingerprint density at radius 2 is 1.88 bits per heavy atom. The summed E-state index contributed by atoms with van der Waals surface area (Å²) >= 11 is 6.04. The first-order chi connectivity index (χ1) is 7.61. The van der Waals surface area contributed by atoms with E-state index in [2.05, 4.69) is 15.5 Å². The van der Waals surface area contributed by atoms with E-state index >= 15 is 0 Å². The van der Waals surface area contributed by atoms with Crippen LogP contribution < -0.4 is 0 Å². The third-order valence-corrected chi connectivity index (χ3v) is 2.70. The van der Waals surface area contributed by atoms with E-state index < -0.39 is 0 Å². The number of para-hydroxylation sites is 1. The second-order valence-electron chi connectivity index (χ2n) is 3.81. The fourth-order valence-corrected chi connectivity index (χ4v) is 1.88. The highest BCUT2D eigenvalue weighted by molar-refractivity contribution is 6.20. The van der Waals surface area contributed by atoms with Gasteiger partial charge in [-0.3, -0.25) is 0 Å². The Kier molecular flexibility index (Phi) is 2.92. The maximum atomic E-state index is 6.04. The van der Waals surface area contributed by atoms with E-state index in [0.29, 0.717) is 5.82 Å². The first kappa shape index (κ1) is 11.1. The lowest BCUT2D eigenvalue weighted by atomic mass is 10.1. The van der Waals surface area contributed by atoms with Crippen molar-refractivity contribution in [3.05, 3.63) is 35.2 Å². The number of aromatic nitrogens is 4. The van der Waals surface area contributed by atoms with Crippen LogP contribution in [0.4, 0.5) is 0 Å². The second kappa shape index (κ2) is 4.22. The van der Waals surface area contributed by atoms with Gasteiger partial charge in [0.1, 0.15) is 0 Å². The molecule has 0 saturated carbocycles. The van der Waals surface area contributed by atoms with Gasteiger partial charge >= 0.3 is 0 Å². The Labute approximate surface area is 99.2 Å². The molecule has 1 aromatic heterocycles. The molecule has 0 amide bonds. The molecule has 0 radical (unpaired) electrons. The molecule has 2 aromatic rings. The molecule has 0 aliphatic heterocycles. The molecule has 4 nitrogen and oxygen atoms in total. The molecule has 0 saturated heterocycles. The van der Waals surface area contributed by atoms with Crippen molar-refractivity contribution < 1.29 is 0 Å². The van der Waals surface area contributed by atoms with E-state index in [9.17, 15) is 0 Å². The summed E-state index contributed by atoms with van der Waals surface area (Å²) in [6, 6.07) is 6.09. The number of benzene rings is 1. The fraction of sp³-hybridized carbons (Fsp3) is 0.364. The van der Waals surface area contributed by atoms with Crippen molar-refractivity contribution in [3.63, 3.8) is 0 Å². The maximum absolute atomic E-state index is 6.04. The highest BCUT2D eigenvalue weighted by Crippen LogP contribution is 2.23. The number of aryl methyl sites for hydroxylation is 2. The highest BCUT2D eigenvalue weighted by Gasteiger charge is 2.15. The molecule has 0 aliphatic rings. The van der Waals surface area contributed by atoms with Crippen LogP contribution in [-0.2, 0) is 0 Å². The zero-order valence-corrected chi connectivity index (χ0v) is 10.2. The van der Waals surface area contributed by atoms with Crippen LogP contribution in [0.1, 0.15) is 29.3 Å². The minimum absolute atomic E-state index is 0.214. The van der Waals surface area contributed by atoms with Crippen LogP contribution >= 0.6 is 11.6 Å². The molecule has 0 bridgehead atoms. The van der Waals surface area contributed by atoms with Gasteiger partial charge in [-0.2, -0.15) is 4.68 Å². The molecule has 0 fully saturated rings. The number of nitrogens with zero attached hydrogens (tertiary/aromatic N) is 4. The standard InChI is InChI=1S/C11H13ClN4/c1-7-5-4-6-8(2)10(7)16-11(9(3)12)13-14-15-16/h4-6,9H,1-3H3. The second-order valence-corrected chi connectivity index (χ2v) is 4.46. The smallest absolute Gasteiger partial charge is 0.174 e. The Balaban J connectivity index is 2.63. The molecule has 84 valence electrons. The summed E-state index contributed by atoms with van der Waals surface area (Å²) in [5, 5.41) is 11.4. The van der Waals surface area contributed by atoms with Crippen LogP contribution in [0.2, 0.25) is 0 Å². The zero-order chi connectivity index (χ0) is 11.7. The highest BCUT2D eigenvalue weighted by atomic mass is 35.5. The lowest BCUT2D eigenvalue weighted by Crippen LogP contribution is -2.07. The van der Waals surface area contributed by atoms with Gasteiger partial charge in [-0.05, 0) is 42.3 Å². The van der Waals surface area contributed by atoms with Crippen LogP contribution in [0.15, 0.2) is 18.2 Å². The third-order valence-electron chi connectivity index (χ3n) is 2.50.